The maximum absolute atomic E-state index is 12.6. The van der Waals surface area contributed by atoms with Gasteiger partial charge < -0.3 is 10.1 Å². The van der Waals surface area contributed by atoms with E-state index in [0.29, 0.717) is 24.7 Å². The van der Waals surface area contributed by atoms with Crippen LogP contribution in [0.4, 0.5) is 8.78 Å². The van der Waals surface area contributed by atoms with Crippen LogP contribution in [0, 0.1) is 6.92 Å². The lowest BCUT2D eigenvalue weighted by molar-refractivity contribution is 0.0951. The number of hydrogen-bond donors (Lipinski definition) is 1. The zero-order valence-corrected chi connectivity index (χ0v) is 14.3. The zero-order chi connectivity index (χ0) is 17.5. The fraction of sp³-hybridized carbons (Fsp3) is 0.278. The number of amides is 1. The van der Waals surface area contributed by atoms with Crippen molar-refractivity contribution in [3.8, 4) is 5.75 Å². The Labute approximate surface area is 144 Å². The van der Waals surface area contributed by atoms with Crippen LogP contribution in [-0.4, -0.2) is 25.3 Å². The minimum Gasteiger partial charge on any atom is -0.496 e. The molecule has 0 atom stereocenters. The van der Waals surface area contributed by atoms with Gasteiger partial charge in [0.1, 0.15) is 5.75 Å². The molecule has 0 aromatic heterocycles. The van der Waals surface area contributed by atoms with Gasteiger partial charge in [-0.1, -0.05) is 41.6 Å². The molecule has 0 aliphatic carbocycles. The number of carbonyl (C=O) groups excluding carboxylic acids is 1. The predicted octanol–water partition coefficient (Wildman–Crippen LogP) is 4.29. The molecular formula is C18H19F2NO2S. The number of carbonyl (C=O) groups is 1. The lowest BCUT2D eigenvalue weighted by Crippen LogP contribution is -2.26. The van der Waals surface area contributed by atoms with Crippen molar-refractivity contribution in [2.45, 2.75) is 24.0 Å². The minimum atomic E-state index is -2.56. The van der Waals surface area contributed by atoms with Crippen molar-refractivity contribution in [1.82, 2.24) is 5.32 Å². The molecule has 3 nitrogen and oxygen atoms in total. The molecule has 0 spiro atoms. The Morgan fingerprint density at radius 1 is 1.25 bits per heavy atom. The highest BCUT2D eigenvalue weighted by Gasteiger charge is 2.15. The second-order valence-electron chi connectivity index (χ2n) is 5.20. The summed E-state index contributed by atoms with van der Waals surface area (Å²) in [4.78, 5) is 12.5. The molecule has 0 aliphatic rings. The van der Waals surface area contributed by atoms with Gasteiger partial charge in [0, 0.05) is 11.4 Å². The van der Waals surface area contributed by atoms with E-state index in [0.717, 1.165) is 16.9 Å². The van der Waals surface area contributed by atoms with Crippen LogP contribution in [-0.2, 0) is 6.42 Å². The molecule has 0 fully saturated rings. The number of hydrogen-bond acceptors (Lipinski definition) is 3. The molecule has 1 amide bonds. The molecule has 0 radical (unpaired) electrons. The van der Waals surface area contributed by atoms with Crippen molar-refractivity contribution in [2.24, 2.45) is 0 Å². The van der Waals surface area contributed by atoms with Gasteiger partial charge >= 0.3 is 0 Å². The van der Waals surface area contributed by atoms with E-state index in [-0.39, 0.29) is 16.4 Å². The Morgan fingerprint density at radius 3 is 2.71 bits per heavy atom. The number of alkyl halides is 2. The molecule has 1 N–H and O–H groups in total. The topological polar surface area (TPSA) is 38.3 Å². The molecule has 6 heteroatoms. The van der Waals surface area contributed by atoms with E-state index in [9.17, 15) is 13.6 Å². The molecule has 0 heterocycles. The first kappa shape index (κ1) is 18.3. The van der Waals surface area contributed by atoms with Crippen LogP contribution >= 0.6 is 11.8 Å². The summed E-state index contributed by atoms with van der Waals surface area (Å²) in [6, 6.07) is 12.2. The molecule has 0 aliphatic heterocycles. The van der Waals surface area contributed by atoms with E-state index in [1.807, 2.05) is 25.1 Å². The van der Waals surface area contributed by atoms with Crippen LogP contribution in [0.2, 0.25) is 0 Å². The molecule has 0 saturated heterocycles. The molecular weight excluding hydrogens is 332 g/mol. The summed E-state index contributed by atoms with van der Waals surface area (Å²) in [7, 11) is 1.60. The van der Waals surface area contributed by atoms with Gasteiger partial charge in [0.05, 0.1) is 12.7 Å². The van der Waals surface area contributed by atoms with Crippen LogP contribution in [0.5, 0.6) is 5.75 Å². The minimum absolute atomic E-state index is 0.263. The first-order valence-electron chi connectivity index (χ1n) is 7.47. The van der Waals surface area contributed by atoms with Crippen LogP contribution in [0.15, 0.2) is 47.4 Å². The summed E-state index contributed by atoms with van der Waals surface area (Å²) in [6.07, 6.45) is 0.598. The first-order valence-corrected chi connectivity index (χ1v) is 8.34. The molecule has 2 aromatic rings. The second-order valence-corrected chi connectivity index (χ2v) is 6.23. The van der Waals surface area contributed by atoms with Crippen molar-refractivity contribution in [1.29, 1.82) is 0 Å². The van der Waals surface area contributed by atoms with Gasteiger partial charge in [0.15, 0.2) is 0 Å². The molecule has 2 rings (SSSR count). The third-order valence-electron chi connectivity index (χ3n) is 3.46. The Balaban J connectivity index is 2.00. The van der Waals surface area contributed by atoms with Gasteiger partial charge in [-0.05, 0) is 37.1 Å². The summed E-state index contributed by atoms with van der Waals surface area (Å²) >= 11 is 0.377. The quantitative estimate of drug-likeness (QED) is 0.756. The molecule has 128 valence electrons. The number of thioether (sulfide) groups is 1. The van der Waals surface area contributed by atoms with Crippen LogP contribution in [0.25, 0.3) is 0 Å². The van der Waals surface area contributed by atoms with Crippen molar-refractivity contribution < 1.29 is 18.3 Å². The van der Waals surface area contributed by atoms with E-state index in [4.69, 9.17) is 4.74 Å². The van der Waals surface area contributed by atoms with Gasteiger partial charge in [-0.15, -0.1) is 0 Å². The monoisotopic (exact) mass is 351 g/mol. The van der Waals surface area contributed by atoms with Gasteiger partial charge in [-0.2, -0.15) is 8.78 Å². The van der Waals surface area contributed by atoms with Crippen LogP contribution in [0.3, 0.4) is 0 Å². The van der Waals surface area contributed by atoms with E-state index in [2.05, 4.69) is 5.32 Å². The summed E-state index contributed by atoms with van der Waals surface area (Å²) in [5.74, 6) is -2.15. The molecule has 0 saturated carbocycles. The predicted molar refractivity (Wildman–Crippen MR) is 92.1 cm³/mol. The van der Waals surface area contributed by atoms with Gasteiger partial charge in [-0.25, -0.2) is 0 Å². The maximum Gasteiger partial charge on any atom is 0.288 e. The average Bonchev–Trinajstić information content (AvgIpc) is 2.55. The number of nitrogens with one attached hydrogen (secondary N) is 1. The Bertz CT molecular complexity index is 707. The Kier molecular flexibility index (Phi) is 6.61. The fourth-order valence-corrected chi connectivity index (χ4v) is 3.00. The standard InChI is InChI=1S/C18H19F2NO2S/c1-12-7-8-15(23-2)13(11-12)9-10-21-17(22)14-5-3-4-6-16(14)24-18(19)20/h3-8,11,18H,9-10H2,1-2H3,(H,21,22). The number of methoxy groups -OCH3 is 1. The third-order valence-corrected chi connectivity index (χ3v) is 4.25. The van der Waals surface area contributed by atoms with Gasteiger partial charge in [-0.3, -0.25) is 4.79 Å². The largest absolute Gasteiger partial charge is 0.496 e. The van der Waals surface area contributed by atoms with Gasteiger partial charge in [0.2, 0.25) is 0 Å². The molecule has 0 bridgehead atoms. The number of aryl methyl sites for hydroxylation is 1. The van der Waals surface area contributed by atoms with Crippen molar-refractivity contribution >= 4 is 17.7 Å². The van der Waals surface area contributed by atoms with Crippen molar-refractivity contribution in [2.75, 3.05) is 13.7 Å². The van der Waals surface area contributed by atoms with Crippen LogP contribution in [0.1, 0.15) is 21.5 Å². The second kappa shape index (κ2) is 8.68. The molecule has 24 heavy (non-hydrogen) atoms. The molecule has 0 unspecified atom stereocenters. The average molecular weight is 351 g/mol. The smallest absolute Gasteiger partial charge is 0.288 e. The third kappa shape index (κ3) is 4.96. The molecule has 2 aromatic carbocycles. The maximum atomic E-state index is 12.6. The number of ether oxygens (including phenoxy) is 1. The summed E-state index contributed by atoms with van der Waals surface area (Å²) < 4.78 is 30.5. The van der Waals surface area contributed by atoms with Crippen molar-refractivity contribution in [3.63, 3.8) is 0 Å². The number of halogens is 2. The summed E-state index contributed by atoms with van der Waals surface area (Å²) in [6.45, 7) is 2.38. The zero-order valence-electron chi connectivity index (χ0n) is 13.5. The highest BCUT2D eigenvalue weighted by atomic mass is 32.2. The summed E-state index contributed by atoms with van der Waals surface area (Å²) in [5, 5.41) is 2.78. The number of rotatable bonds is 7. The van der Waals surface area contributed by atoms with E-state index in [1.165, 1.54) is 6.07 Å². The van der Waals surface area contributed by atoms with Crippen molar-refractivity contribution in [3.05, 3.63) is 59.2 Å². The Morgan fingerprint density at radius 2 is 2.00 bits per heavy atom. The lowest BCUT2D eigenvalue weighted by atomic mass is 10.1. The fourth-order valence-electron chi connectivity index (χ4n) is 2.36. The lowest BCUT2D eigenvalue weighted by Gasteiger charge is -2.12. The highest BCUT2D eigenvalue weighted by molar-refractivity contribution is 7.99. The number of benzene rings is 2. The van der Waals surface area contributed by atoms with Crippen LogP contribution < -0.4 is 10.1 Å². The first-order chi connectivity index (χ1) is 11.5. The highest BCUT2D eigenvalue weighted by Crippen LogP contribution is 2.28. The van der Waals surface area contributed by atoms with E-state index in [1.54, 1.807) is 25.3 Å². The summed E-state index contributed by atoms with van der Waals surface area (Å²) in [5.41, 5.74) is 2.36. The normalized spacial score (nSPS) is 10.7. The SMILES string of the molecule is COc1ccc(C)cc1CCNC(=O)c1ccccc1SC(F)F. The van der Waals surface area contributed by atoms with Gasteiger partial charge in [0.25, 0.3) is 11.7 Å². The van der Waals surface area contributed by atoms with E-state index >= 15 is 0 Å². The van der Waals surface area contributed by atoms with E-state index < -0.39 is 5.76 Å². The Hall–Kier alpha value is -2.08.